The highest BCUT2D eigenvalue weighted by atomic mass is 32.2. The fourth-order valence-electron chi connectivity index (χ4n) is 3.83. The zero-order chi connectivity index (χ0) is 13.8. The van der Waals surface area contributed by atoms with Crippen LogP contribution in [0.5, 0.6) is 0 Å². The fraction of sp³-hybridized carbons (Fsp3) is 0.867. The minimum Gasteiger partial charge on any atom is -0.393 e. The first-order valence-corrected chi connectivity index (χ1v) is 8.21. The fourth-order valence-corrected chi connectivity index (χ4v) is 5.11. The van der Waals surface area contributed by atoms with Crippen LogP contribution in [0.15, 0.2) is 4.99 Å². The summed E-state index contributed by atoms with van der Waals surface area (Å²) in [5.41, 5.74) is 0. The minimum atomic E-state index is -0.355. The van der Waals surface area contributed by atoms with Gasteiger partial charge >= 0.3 is 0 Å². The van der Waals surface area contributed by atoms with Crippen molar-refractivity contribution in [2.24, 2.45) is 28.7 Å². The molecule has 0 aromatic rings. The lowest BCUT2D eigenvalue weighted by Crippen LogP contribution is -2.33. The van der Waals surface area contributed by atoms with E-state index in [9.17, 15) is 9.90 Å². The van der Waals surface area contributed by atoms with Gasteiger partial charge in [-0.15, -0.1) is 0 Å². The summed E-state index contributed by atoms with van der Waals surface area (Å²) < 4.78 is -0.355. The Morgan fingerprint density at radius 1 is 1.37 bits per heavy atom. The van der Waals surface area contributed by atoms with Crippen molar-refractivity contribution in [1.29, 1.82) is 0 Å². The largest absolute Gasteiger partial charge is 0.393 e. The first-order valence-electron chi connectivity index (χ1n) is 7.39. The van der Waals surface area contributed by atoms with Gasteiger partial charge in [-0.3, -0.25) is 4.79 Å². The van der Waals surface area contributed by atoms with E-state index in [0.29, 0.717) is 23.7 Å². The van der Waals surface area contributed by atoms with Gasteiger partial charge in [0.1, 0.15) is 4.75 Å². The van der Waals surface area contributed by atoms with Crippen molar-refractivity contribution in [3.05, 3.63) is 0 Å². The lowest BCUT2D eigenvalue weighted by Gasteiger charge is -2.27. The van der Waals surface area contributed by atoms with Gasteiger partial charge in [0.15, 0.2) is 0 Å². The molecule has 3 aliphatic rings. The Bertz CT molecular complexity index is 432. The SMILES string of the molecule is CC(C)[C@]1(C)SC(C[C@H]2C[C@H]3C[C@@H]2C[C@H]3O)=NC1=O. The van der Waals surface area contributed by atoms with E-state index >= 15 is 0 Å². The maximum absolute atomic E-state index is 12.1. The third-order valence-electron chi connectivity index (χ3n) is 5.49. The maximum Gasteiger partial charge on any atom is 0.263 e. The van der Waals surface area contributed by atoms with Gasteiger partial charge in [-0.2, -0.15) is 0 Å². The van der Waals surface area contributed by atoms with Gasteiger partial charge in [0.05, 0.1) is 11.1 Å². The number of hydrogen-bond acceptors (Lipinski definition) is 3. The van der Waals surface area contributed by atoms with Crippen LogP contribution in [0, 0.1) is 23.7 Å². The Kier molecular flexibility index (Phi) is 3.29. The summed E-state index contributed by atoms with van der Waals surface area (Å²) in [5, 5.41) is 10.8. The lowest BCUT2D eigenvalue weighted by atomic mass is 9.85. The van der Waals surface area contributed by atoms with Crippen molar-refractivity contribution < 1.29 is 9.90 Å². The molecular weight excluding hydrogens is 258 g/mol. The zero-order valence-corrected chi connectivity index (χ0v) is 12.7. The van der Waals surface area contributed by atoms with Crippen LogP contribution in [-0.2, 0) is 4.79 Å². The molecule has 1 aliphatic heterocycles. The van der Waals surface area contributed by atoms with Crippen LogP contribution in [0.2, 0.25) is 0 Å². The van der Waals surface area contributed by atoms with Crippen molar-refractivity contribution in [3.8, 4) is 0 Å². The molecule has 4 heteroatoms. The normalized spacial score (nSPS) is 45.3. The molecule has 2 fully saturated rings. The Morgan fingerprint density at radius 3 is 2.58 bits per heavy atom. The van der Waals surface area contributed by atoms with E-state index in [-0.39, 0.29) is 16.8 Å². The second-order valence-corrected chi connectivity index (χ2v) is 8.46. The van der Waals surface area contributed by atoms with E-state index in [1.165, 1.54) is 6.42 Å². The topological polar surface area (TPSA) is 49.7 Å². The highest BCUT2D eigenvalue weighted by Crippen LogP contribution is 2.51. The molecule has 1 amide bonds. The molecular formula is C15H23NO2S. The molecule has 106 valence electrons. The first kappa shape index (κ1) is 13.6. The molecule has 1 N–H and O–H groups in total. The van der Waals surface area contributed by atoms with E-state index in [4.69, 9.17) is 0 Å². The van der Waals surface area contributed by atoms with Crippen LogP contribution >= 0.6 is 11.8 Å². The molecule has 2 bridgehead atoms. The monoisotopic (exact) mass is 281 g/mol. The van der Waals surface area contributed by atoms with Gasteiger partial charge < -0.3 is 5.11 Å². The van der Waals surface area contributed by atoms with Gasteiger partial charge in [0.25, 0.3) is 5.91 Å². The van der Waals surface area contributed by atoms with Crippen molar-refractivity contribution in [2.45, 2.75) is 57.3 Å². The quantitative estimate of drug-likeness (QED) is 0.865. The number of fused-ring (bicyclic) bond motifs is 2. The molecule has 1 heterocycles. The number of carbonyl (C=O) groups is 1. The summed E-state index contributed by atoms with van der Waals surface area (Å²) in [4.78, 5) is 16.4. The number of hydrogen-bond donors (Lipinski definition) is 1. The second-order valence-electron chi connectivity index (χ2n) is 6.93. The second kappa shape index (κ2) is 4.59. The molecule has 0 saturated heterocycles. The van der Waals surface area contributed by atoms with Gasteiger partial charge in [0.2, 0.25) is 0 Å². The van der Waals surface area contributed by atoms with E-state index in [1.807, 2.05) is 6.92 Å². The van der Waals surface area contributed by atoms with E-state index < -0.39 is 0 Å². The van der Waals surface area contributed by atoms with Crippen molar-refractivity contribution in [2.75, 3.05) is 0 Å². The van der Waals surface area contributed by atoms with E-state index in [1.54, 1.807) is 11.8 Å². The summed E-state index contributed by atoms with van der Waals surface area (Å²) >= 11 is 1.68. The molecule has 0 radical (unpaired) electrons. The number of aliphatic hydroxyl groups is 1. The number of nitrogens with zero attached hydrogens (tertiary/aromatic N) is 1. The standard InChI is InChI=1S/C15H23NO2S/c1-8(2)15(3)14(18)16-13(19-15)7-10-5-11-4-9(10)6-12(11)17/h8-12,17H,4-7H2,1-3H3/t9-,10-,11-,12-,15+/m1/s1. The highest BCUT2D eigenvalue weighted by molar-refractivity contribution is 8.16. The highest BCUT2D eigenvalue weighted by Gasteiger charge is 2.48. The molecule has 0 spiro atoms. The third kappa shape index (κ3) is 2.17. The van der Waals surface area contributed by atoms with Gasteiger partial charge in [-0.05, 0) is 56.3 Å². The van der Waals surface area contributed by atoms with Crippen LogP contribution in [0.4, 0.5) is 0 Å². The van der Waals surface area contributed by atoms with Crippen molar-refractivity contribution in [3.63, 3.8) is 0 Å². The van der Waals surface area contributed by atoms with Crippen LogP contribution in [0.3, 0.4) is 0 Å². The number of amides is 1. The van der Waals surface area contributed by atoms with E-state index in [0.717, 1.165) is 24.3 Å². The lowest BCUT2D eigenvalue weighted by molar-refractivity contribution is -0.120. The molecule has 0 aromatic carbocycles. The van der Waals surface area contributed by atoms with Crippen LogP contribution in [0.1, 0.15) is 46.5 Å². The summed E-state index contributed by atoms with van der Waals surface area (Å²) in [6, 6.07) is 0. The summed E-state index contributed by atoms with van der Waals surface area (Å²) in [6.07, 6.45) is 4.15. The Hall–Kier alpha value is -0.350. The molecule has 19 heavy (non-hydrogen) atoms. The predicted octanol–water partition coefficient (Wildman–Crippen LogP) is 2.87. The Labute approximate surface area is 119 Å². The smallest absolute Gasteiger partial charge is 0.263 e. The van der Waals surface area contributed by atoms with Gasteiger partial charge in [-0.25, -0.2) is 4.99 Å². The molecule has 5 atom stereocenters. The molecule has 2 aliphatic carbocycles. The predicted molar refractivity (Wildman–Crippen MR) is 78.2 cm³/mol. The maximum atomic E-state index is 12.1. The van der Waals surface area contributed by atoms with Crippen LogP contribution in [0.25, 0.3) is 0 Å². The average molecular weight is 281 g/mol. The van der Waals surface area contributed by atoms with Gasteiger partial charge in [0, 0.05) is 0 Å². The Balaban J connectivity index is 1.64. The summed E-state index contributed by atoms with van der Waals surface area (Å²) in [6.45, 7) is 6.21. The van der Waals surface area contributed by atoms with E-state index in [2.05, 4.69) is 18.8 Å². The van der Waals surface area contributed by atoms with Crippen molar-refractivity contribution in [1.82, 2.24) is 0 Å². The molecule has 2 saturated carbocycles. The molecule has 0 unspecified atom stereocenters. The van der Waals surface area contributed by atoms with Gasteiger partial charge in [-0.1, -0.05) is 25.6 Å². The molecule has 0 aromatic heterocycles. The average Bonchev–Trinajstić information content (AvgIpc) is 2.94. The molecule has 3 rings (SSSR count). The zero-order valence-electron chi connectivity index (χ0n) is 11.9. The third-order valence-corrected chi connectivity index (χ3v) is 7.05. The number of aliphatic hydroxyl groups excluding tert-OH is 1. The minimum absolute atomic E-state index is 0.0469. The summed E-state index contributed by atoms with van der Waals surface area (Å²) in [7, 11) is 0. The van der Waals surface area contributed by atoms with Crippen molar-refractivity contribution >= 4 is 22.7 Å². The van der Waals surface area contributed by atoms with Crippen LogP contribution in [-0.4, -0.2) is 26.9 Å². The number of carbonyl (C=O) groups excluding carboxylic acids is 1. The Morgan fingerprint density at radius 2 is 2.11 bits per heavy atom. The molecule has 3 nitrogen and oxygen atoms in total. The number of aliphatic imine (C=N–C) groups is 1. The number of rotatable bonds is 3. The summed E-state index contributed by atoms with van der Waals surface area (Å²) in [5.74, 6) is 2.17. The first-order chi connectivity index (χ1) is 8.90. The number of thioether (sulfide) groups is 1. The van der Waals surface area contributed by atoms with Crippen LogP contribution < -0.4 is 0 Å².